The summed E-state index contributed by atoms with van der Waals surface area (Å²) in [4.78, 5) is 22.5. The summed E-state index contributed by atoms with van der Waals surface area (Å²) in [5.74, 6) is 2.56. The fourth-order valence-corrected chi connectivity index (χ4v) is 7.81. The van der Waals surface area contributed by atoms with E-state index >= 15 is 0 Å². The Hall–Kier alpha value is -6.65. The molecule has 0 bridgehead atoms. The number of rotatable bonds is 11. The molecule has 10 heteroatoms. The second-order valence-corrected chi connectivity index (χ2v) is 14.3. The van der Waals surface area contributed by atoms with Crippen LogP contribution < -0.4 is 9.47 Å². The van der Waals surface area contributed by atoms with Gasteiger partial charge in [0.15, 0.2) is 0 Å². The Kier molecular flexibility index (Phi) is 13.1. The molecule has 0 unspecified atom stereocenters. The van der Waals surface area contributed by atoms with Crippen LogP contribution in [-0.4, -0.2) is 29.5 Å². The predicted octanol–water partition coefficient (Wildman–Crippen LogP) is 12.3. The zero-order valence-electron chi connectivity index (χ0n) is 34.1. The fourth-order valence-electron chi connectivity index (χ4n) is 7.81. The van der Waals surface area contributed by atoms with Crippen molar-refractivity contribution < 1.29 is 50.3 Å². The zero-order valence-corrected chi connectivity index (χ0v) is 37.2. The molecule has 0 aliphatic rings. The molecule has 0 N–H and O–H groups in total. The third kappa shape index (κ3) is 8.60. The van der Waals surface area contributed by atoms with Crippen LogP contribution in [0.5, 0.6) is 23.0 Å². The average Bonchev–Trinajstić information content (AvgIpc) is 3.65. The number of ether oxygens (including phenoxy) is 2. The van der Waals surface area contributed by atoms with Gasteiger partial charge < -0.3 is 24.0 Å². The van der Waals surface area contributed by atoms with Gasteiger partial charge in [0.25, 0.3) is 0 Å². The minimum atomic E-state index is 0. The van der Waals surface area contributed by atoms with Gasteiger partial charge in [-0.2, -0.15) is 22.9 Å². The minimum absolute atomic E-state index is 0. The van der Waals surface area contributed by atoms with Gasteiger partial charge in [0.1, 0.15) is 12.7 Å². The van der Waals surface area contributed by atoms with E-state index in [1.54, 1.807) is 12.4 Å². The normalized spacial score (nSPS) is 10.9. The molecule has 0 atom stereocenters. The van der Waals surface area contributed by atoms with E-state index in [1.165, 1.54) is 12.7 Å². The van der Waals surface area contributed by atoms with Crippen molar-refractivity contribution in [2.75, 3.05) is 0 Å². The molecule has 0 amide bonds. The Bertz CT molecular complexity index is 2960. The Labute approximate surface area is 393 Å². The number of pyridine rings is 2. The summed E-state index contributed by atoms with van der Waals surface area (Å²) >= 11 is 0. The summed E-state index contributed by atoms with van der Waals surface area (Å²) in [7, 11) is 0. The molecule has 6 aromatic carbocycles. The average molecular weight is 1000 g/mol. The second-order valence-electron chi connectivity index (χ2n) is 14.3. The molecule has 10 rings (SSSR count). The molecule has 0 aliphatic carbocycles. The molecule has 0 fully saturated rings. The monoisotopic (exact) mass is 1000 g/mol. The van der Waals surface area contributed by atoms with E-state index in [4.69, 9.17) is 9.47 Å². The van der Waals surface area contributed by atoms with Crippen LogP contribution in [0.2, 0.25) is 0 Å². The van der Waals surface area contributed by atoms with Gasteiger partial charge >= 0.3 is 40.8 Å². The van der Waals surface area contributed by atoms with E-state index < -0.39 is 0 Å². The van der Waals surface area contributed by atoms with Crippen molar-refractivity contribution in [2.24, 2.45) is 0 Å². The van der Waals surface area contributed by atoms with E-state index in [9.17, 15) is 0 Å². The Morgan fingerprint density at radius 1 is 0.492 bits per heavy atom. The van der Waals surface area contributed by atoms with Crippen LogP contribution in [0.15, 0.2) is 159 Å². The molecule has 63 heavy (non-hydrogen) atoms. The maximum atomic E-state index is 6.84. The molecule has 0 aliphatic heterocycles. The van der Waals surface area contributed by atoms with Gasteiger partial charge in [-0.25, -0.2) is 15.0 Å². The predicted molar refractivity (Wildman–Crippen MR) is 239 cm³/mol. The molecular formula is C53H36N6O2Pd2. The van der Waals surface area contributed by atoms with Gasteiger partial charge in [-0.1, -0.05) is 144 Å². The number of fused-ring (bicyclic) bond motifs is 3. The third-order valence-electron chi connectivity index (χ3n) is 10.6. The molecular weight excluding hydrogens is 965 g/mol. The van der Waals surface area contributed by atoms with E-state index in [2.05, 4.69) is 99.4 Å². The second kappa shape index (κ2) is 19.2. The van der Waals surface area contributed by atoms with Crippen molar-refractivity contribution >= 4 is 21.8 Å². The summed E-state index contributed by atoms with van der Waals surface area (Å²) in [5, 5.41) is 1.83. The molecule has 4 heterocycles. The smallest absolute Gasteiger partial charge is 0.502 e. The van der Waals surface area contributed by atoms with Crippen molar-refractivity contribution in [2.45, 2.75) is 26.7 Å². The van der Waals surface area contributed by atoms with E-state index in [-0.39, 0.29) is 40.8 Å². The van der Waals surface area contributed by atoms with Crippen LogP contribution >= 0.6 is 0 Å². The van der Waals surface area contributed by atoms with E-state index in [0.717, 1.165) is 79.5 Å². The molecule has 0 saturated heterocycles. The first-order valence-electron chi connectivity index (χ1n) is 20.2. The summed E-state index contributed by atoms with van der Waals surface area (Å²) < 4.78 is 15.6. The molecule has 0 radical (unpaired) electrons. The minimum Gasteiger partial charge on any atom is -0.502 e. The van der Waals surface area contributed by atoms with Gasteiger partial charge in [0.05, 0.1) is 0 Å². The molecule has 0 spiro atoms. The quantitative estimate of drug-likeness (QED) is 0.0942. The van der Waals surface area contributed by atoms with E-state index in [1.807, 2.05) is 102 Å². The standard InChI is InChI=1S/C53H36N6O2.2Pd/c1-3-35-27-39(45-19-11-13-25-55-45)29-49(51(35)37-15-7-5-8-16-37)60-41-21-23-43-44-24-22-42(32-48(44)59(47(43)31-41)53-57-33-54-34-58-53)61-50-30-40(46-20-12-14-26-56-46)28-36(4-2)52(50)38-17-9-6-10-18-38;;/h5-28,33-34H,3-4H2,1-2H3;;/q-4;2*+2. The Morgan fingerprint density at radius 2 is 0.937 bits per heavy atom. The molecule has 8 nitrogen and oxygen atoms in total. The number of nitrogens with zero attached hydrogens (tertiary/aromatic N) is 6. The number of aryl methyl sites for hydroxylation is 2. The molecule has 10 aromatic rings. The first-order chi connectivity index (χ1) is 30.1. The van der Waals surface area contributed by atoms with Crippen LogP contribution in [0.25, 0.3) is 72.5 Å². The Balaban J connectivity index is 0.00000272. The maximum Gasteiger partial charge on any atom is 2.00 e. The number of benzene rings is 6. The zero-order chi connectivity index (χ0) is 41.1. The largest absolute Gasteiger partial charge is 2.00 e. The fraction of sp³-hybridized carbons (Fsp3) is 0.0755. The topological polar surface area (TPSA) is 87.8 Å². The van der Waals surface area contributed by atoms with Gasteiger partial charge in [0.2, 0.25) is 5.95 Å². The molecule has 0 saturated carbocycles. The van der Waals surface area contributed by atoms with Crippen molar-refractivity contribution in [3.8, 4) is 73.7 Å². The van der Waals surface area contributed by atoms with Crippen LogP contribution in [0, 0.1) is 24.3 Å². The molecule has 4 aromatic heterocycles. The van der Waals surface area contributed by atoms with Crippen LogP contribution in [0.1, 0.15) is 25.0 Å². The van der Waals surface area contributed by atoms with Crippen molar-refractivity contribution in [3.63, 3.8) is 0 Å². The molecule has 310 valence electrons. The maximum absolute atomic E-state index is 6.84. The van der Waals surface area contributed by atoms with Gasteiger partial charge in [0, 0.05) is 35.4 Å². The van der Waals surface area contributed by atoms with Gasteiger partial charge in [-0.15, -0.1) is 58.7 Å². The summed E-state index contributed by atoms with van der Waals surface area (Å²) in [6, 6.07) is 58.8. The van der Waals surface area contributed by atoms with Gasteiger partial charge in [-0.05, 0) is 36.4 Å². The van der Waals surface area contributed by atoms with Crippen LogP contribution in [0.4, 0.5) is 0 Å². The summed E-state index contributed by atoms with van der Waals surface area (Å²) in [6.07, 6.45) is 8.10. The number of hydrogen-bond donors (Lipinski definition) is 0. The van der Waals surface area contributed by atoms with Crippen molar-refractivity contribution in [1.29, 1.82) is 0 Å². The van der Waals surface area contributed by atoms with Crippen molar-refractivity contribution in [1.82, 2.24) is 29.5 Å². The SMILES string of the molecule is CCc1cc(-c2ccccn2)[c-]c(Oc2[c-]c3c(cc2)c2ccc(Oc4[c-]c(-c5ccccn5)cc(CC)c4-c4ccccc4)[c-]c2n3-c2ncncn2)c1-c1ccccc1.[Pd+2].[Pd+2]. The summed E-state index contributed by atoms with van der Waals surface area (Å²) in [6.45, 7) is 4.29. The number of aromatic nitrogens is 6. The van der Waals surface area contributed by atoms with Crippen LogP contribution in [0.3, 0.4) is 0 Å². The summed E-state index contributed by atoms with van der Waals surface area (Å²) in [5.41, 5.74) is 11.0. The Morgan fingerprint density at radius 3 is 1.35 bits per heavy atom. The number of hydrogen-bond acceptors (Lipinski definition) is 7. The van der Waals surface area contributed by atoms with Gasteiger partial charge in [-0.3, -0.25) is 0 Å². The van der Waals surface area contributed by atoms with Crippen LogP contribution in [-0.2, 0) is 53.7 Å². The third-order valence-corrected chi connectivity index (χ3v) is 10.6. The first-order valence-corrected chi connectivity index (χ1v) is 20.2. The van der Waals surface area contributed by atoms with E-state index in [0.29, 0.717) is 40.0 Å². The van der Waals surface area contributed by atoms with Crippen molar-refractivity contribution in [3.05, 3.63) is 194 Å². The first kappa shape index (κ1) is 43.0.